The minimum atomic E-state index is 0.324. The summed E-state index contributed by atoms with van der Waals surface area (Å²) in [4.78, 5) is 0. The normalized spacial score (nSPS) is 23.4. The summed E-state index contributed by atoms with van der Waals surface area (Å²) in [5.41, 5.74) is 2.56. The highest BCUT2D eigenvalue weighted by Gasteiger charge is 2.25. The van der Waals surface area contributed by atoms with E-state index in [1.54, 1.807) is 0 Å². The summed E-state index contributed by atoms with van der Waals surface area (Å²) in [5.74, 6) is 1.06. The minimum Gasteiger partial charge on any atom is -0.489 e. The zero-order valence-corrected chi connectivity index (χ0v) is 13.2. The molecule has 1 aliphatic carbocycles. The van der Waals surface area contributed by atoms with Crippen molar-refractivity contribution < 1.29 is 4.74 Å². The van der Waals surface area contributed by atoms with Crippen molar-refractivity contribution in [1.29, 1.82) is 0 Å². The topological polar surface area (TPSA) is 21.3 Å². The molecule has 0 saturated heterocycles. The van der Waals surface area contributed by atoms with Gasteiger partial charge in [0.15, 0.2) is 0 Å². The molecule has 1 N–H and O–H groups in total. The number of hydrogen-bond donors (Lipinski definition) is 1. The highest BCUT2D eigenvalue weighted by atomic mass is 16.5. The van der Waals surface area contributed by atoms with E-state index in [1.807, 2.05) is 0 Å². The predicted molar refractivity (Wildman–Crippen MR) is 85.5 cm³/mol. The molecule has 2 unspecified atom stereocenters. The van der Waals surface area contributed by atoms with Gasteiger partial charge in [0.1, 0.15) is 11.9 Å². The molecular formula is C18H29NO. The van der Waals surface area contributed by atoms with Gasteiger partial charge in [-0.15, -0.1) is 0 Å². The number of rotatable bonds is 5. The first-order chi connectivity index (χ1) is 9.70. The largest absolute Gasteiger partial charge is 0.489 e. The fraction of sp³-hybridized carbons (Fsp3) is 0.667. The molecule has 20 heavy (non-hydrogen) atoms. The number of aryl methyl sites for hydroxylation is 2. The third-order valence-corrected chi connectivity index (χ3v) is 4.22. The molecule has 1 aromatic carbocycles. The summed E-state index contributed by atoms with van der Waals surface area (Å²) in [5, 5.41) is 3.69. The second-order valence-corrected chi connectivity index (χ2v) is 6.12. The van der Waals surface area contributed by atoms with E-state index < -0.39 is 0 Å². The summed E-state index contributed by atoms with van der Waals surface area (Å²) in [6, 6.07) is 7.00. The molecule has 2 nitrogen and oxygen atoms in total. The van der Waals surface area contributed by atoms with Gasteiger partial charge >= 0.3 is 0 Å². The van der Waals surface area contributed by atoms with E-state index in [0.717, 1.165) is 12.3 Å². The van der Waals surface area contributed by atoms with Crippen molar-refractivity contribution in [2.75, 3.05) is 6.54 Å². The molecule has 0 radical (unpaired) electrons. The Labute approximate surface area is 123 Å². The first-order valence-corrected chi connectivity index (χ1v) is 8.18. The molecule has 1 saturated carbocycles. The third-order valence-electron chi connectivity index (χ3n) is 4.22. The molecule has 1 fully saturated rings. The summed E-state index contributed by atoms with van der Waals surface area (Å²) in [6.07, 6.45) is 7.90. The molecule has 0 aliphatic heterocycles. The zero-order valence-electron chi connectivity index (χ0n) is 13.2. The summed E-state index contributed by atoms with van der Waals surface area (Å²) in [6.45, 7) is 7.60. The van der Waals surface area contributed by atoms with Crippen molar-refractivity contribution in [1.82, 2.24) is 5.32 Å². The molecule has 0 amide bonds. The van der Waals surface area contributed by atoms with Crippen molar-refractivity contribution in [2.24, 2.45) is 0 Å². The van der Waals surface area contributed by atoms with Gasteiger partial charge < -0.3 is 10.1 Å². The molecular weight excluding hydrogens is 246 g/mol. The van der Waals surface area contributed by atoms with Crippen LogP contribution in [0.15, 0.2) is 18.2 Å². The van der Waals surface area contributed by atoms with Gasteiger partial charge in [0.05, 0.1) is 0 Å². The lowest BCUT2D eigenvalue weighted by atomic mass is 10.1. The lowest BCUT2D eigenvalue weighted by Gasteiger charge is -2.28. The van der Waals surface area contributed by atoms with E-state index in [0.29, 0.717) is 12.1 Å². The first-order valence-electron chi connectivity index (χ1n) is 8.18. The lowest BCUT2D eigenvalue weighted by Crippen LogP contribution is -2.42. The standard InChI is InChI=1S/C18H29NO/c1-4-12-19-16-8-6-5-7-9-18(16)20-17-11-10-14(2)13-15(17)3/h10-11,13,16,18-19H,4-9,12H2,1-3H3. The Hall–Kier alpha value is -1.02. The minimum absolute atomic E-state index is 0.324. The molecule has 112 valence electrons. The Morgan fingerprint density at radius 3 is 2.70 bits per heavy atom. The van der Waals surface area contributed by atoms with Crippen LogP contribution in [0.3, 0.4) is 0 Å². The molecule has 0 heterocycles. The molecule has 0 bridgehead atoms. The second-order valence-electron chi connectivity index (χ2n) is 6.12. The smallest absolute Gasteiger partial charge is 0.122 e. The van der Waals surface area contributed by atoms with Crippen LogP contribution in [0.25, 0.3) is 0 Å². The van der Waals surface area contributed by atoms with E-state index in [-0.39, 0.29) is 0 Å². The van der Waals surface area contributed by atoms with Gasteiger partial charge in [-0.25, -0.2) is 0 Å². The molecule has 0 aromatic heterocycles. The Morgan fingerprint density at radius 2 is 1.95 bits per heavy atom. The molecule has 1 aliphatic rings. The first kappa shape index (κ1) is 15.4. The van der Waals surface area contributed by atoms with Crippen LogP contribution in [-0.4, -0.2) is 18.7 Å². The van der Waals surface area contributed by atoms with Crippen molar-refractivity contribution in [3.05, 3.63) is 29.3 Å². The molecule has 2 heteroatoms. The number of nitrogens with one attached hydrogen (secondary N) is 1. The third kappa shape index (κ3) is 4.24. The fourth-order valence-corrected chi connectivity index (χ4v) is 3.07. The average Bonchev–Trinajstić information content (AvgIpc) is 2.65. The maximum atomic E-state index is 6.37. The van der Waals surface area contributed by atoms with Crippen LogP contribution >= 0.6 is 0 Å². The number of ether oxygens (including phenoxy) is 1. The predicted octanol–water partition coefficient (Wildman–Crippen LogP) is 4.38. The highest BCUT2D eigenvalue weighted by molar-refractivity contribution is 5.35. The average molecular weight is 275 g/mol. The van der Waals surface area contributed by atoms with Crippen molar-refractivity contribution in [3.8, 4) is 5.75 Å². The van der Waals surface area contributed by atoms with Crippen LogP contribution in [0.1, 0.15) is 56.6 Å². The van der Waals surface area contributed by atoms with E-state index in [1.165, 1.54) is 49.7 Å². The zero-order chi connectivity index (χ0) is 14.4. The Balaban J connectivity index is 2.06. The van der Waals surface area contributed by atoms with Crippen LogP contribution in [0.2, 0.25) is 0 Å². The van der Waals surface area contributed by atoms with Crippen LogP contribution in [-0.2, 0) is 0 Å². The Morgan fingerprint density at radius 1 is 1.15 bits per heavy atom. The molecule has 2 rings (SSSR count). The summed E-state index contributed by atoms with van der Waals surface area (Å²) in [7, 11) is 0. The van der Waals surface area contributed by atoms with Gasteiger partial charge in [0, 0.05) is 6.04 Å². The van der Waals surface area contributed by atoms with Crippen molar-refractivity contribution in [3.63, 3.8) is 0 Å². The van der Waals surface area contributed by atoms with Gasteiger partial charge in [-0.1, -0.05) is 37.5 Å². The van der Waals surface area contributed by atoms with Crippen LogP contribution < -0.4 is 10.1 Å². The maximum absolute atomic E-state index is 6.37. The Kier molecular flexibility index (Phi) is 5.90. The quantitative estimate of drug-likeness (QED) is 0.805. The lowest BCUT2D eigenvalue weighted by molar-refractivity contribution is 0.144. The summed E-state index contributed by atoms with van der Waals surface area (Å²) < 4.78 is 6.37. The highest BCUT2D eigenvalue weighted by Crippen LogP contribution is 2.26. The van der Waals surface area contributed by atoms with E-state index >= 15 is 0 Å². The maximum Gasteiger partial charge on any atom is 0.122 e. The molecule has 1 aromatic rings. The van der Waals surface area contributed by atoms with Crippen LogP contribution in [0, 0.1) is 13.8 Å². The van der Waals surface area contributed by atoms with Crippen LogP contribution in [0.5, 0.6) is 5.75 Å². The van der Waals surface area contributed by atoms with Gasteiger partial charge in [-0.2, -0.15) is 0 Å². The monoisotopic (exact) mass is 275 g/mol. The van der Waals surface area contributed by atoms with Gasteiger partial charge in [0.25, 0.3) is 0 Å². The van der Waals surface area contributed by atoms with Gasteiger partial charge in [0.2, 0.25) is 0 Å². The van der Waals surface area contributed by atoms with Crippen molar-refractivity contribution >= 4 is 0 Å². The second kappa shape index (κ2) is 7.68. The SMILES string of the molecule is CCCNC1CCCCCC1Oc1ccc(C)cc1C. The number of benzene rings is 1. The van der Waals surface area contributed by atoms with E-state index in [2.05, 4.69) is 44.3 Å². The fourth-order valence-electron chi connectivity index (χ4n) is 3.07. The number of hydrogen-bond acceptors (Lipinski definition) is 2. The summed E-state index contributed by atoms with van der Waals surface area (Å²) >= 11 is 0. The van der Waals surface area contributed by atoms with Crippen molar-refractivity contribution in [2.45, 2.75) is 71.4 Å². The van der Waals surface area contributed by atoms with Gasteiger partial charge in [-0.05, 0) is 57.7 Å². The Bertz CT molecular complexity index is 416. The molecule has 2 atom stereocenters. The van der Waals surface area contributed by atoms with Crippen LogP contribution in [0.4, 0.5) is 0 Å². The van der Waals surface area contributed by atoms with E-state index in [9.17, 15) is 0 Å². The van der Waals surface area contributed by atoms with E-state index in [4.69, 9.17) is 4.74 Å². The van der Waals surface area contributed by atoms with Gasteiger partial charge in [-0.3, -0.25) is 0 Å². The molecule has 0 spiro atoms.